The van der Waals surface area contributed by atoms with Crippen LogP contribution < -0.4 is 4.90 Å². The highest BCUT2D eigenvalue weighted by molar-refractivity contribution is 5.80. The molecule has 0 aliphatic rings. The number of aliphatic imine (C=N–C) groups is 1. The van der Waals surface area contributed by atoms with Crippen molar-refractivity contribution in [2.24, 2.45) is 10.4 Å². The molecule has 0 aliphatic heterocycles. The molecular formula is C23H40N2O2. The van der Waals surface area contributed by atoms with E-state index in [0.29, 0.717) is 25.2 Å². The molecule has 0 aliphatic carbocycles. The molecule has 0 amide bonds. The lowest BCUT2D eigenvalue weighted by atomic mass is 9.93. The summed E-state index contributed by atoms with van der Waals surface area (Å²) in [6.45, 7) is 16.8. The summed E-state index contributed by atoms with van der Waals surface area (Å²) >= 11 is 0. The number of benzene rings is 1. The van der Waals surface area contributed by atoms with E-state index in [0.717, 1.165) is 31.6 Å². The smallest absolute Gasteiger partial charge is 0.0701 e. The first-order chi connectivity index (χ1) is 12.6. The summed E-state index contributed by atoms with van der Waals surface area (Å²) in [7, 11) is 2.09. The molecule has 4 heteroatoms. The zero-order valence-corrected chi connectivity index (χ0v) is 18.5. The quantitative estimate of drug-likeness (QED) is 0.371. The number of likely N-dealkylation sites (N-methyl/N-ethyl adjacent to an activating group) is 1. The van der Waals surface area contributed by atoms with Crippen LogP contribution in [0.4, 0.5) is 5.69 Å². The van der Waals surface area contributed by atoms with Crippen LogP contribution in [-0.4, -0.2) is 51.8 Å². The predicted octanol–water partition coefficient (Wildman–Crippen LogP) is 5.20. The largest absolute Gasteiger partial charge is 0.379 e. The van der Waals surface area contributed by atoms with Gasteiger partial charge in [0.05, 0.1) is 25.4 Å². The third-order valence-electron chi connectivity index (χ3n) is 4.70. The molecule has 1 aromatic carbocycles. The summed E-state index contributed by atoms with van der Waals surface area (Å²) in [6.07, 6.45) is 4.08. The highest BCUT2D eigenvalue weighted by Crippen LogP contribution is 2.18. The summed E-state index contributed by atoms with van der Waals surface area (Å²) in [5.41, 5.74) is 2.66. The maximum atomic E-state index is 5.68. The molecule has 0 spiro atoms. The van der Waals surface area contributed by atoms with E-state index in [1.807, 2.05) is 6.21 Å². The Balaban J connectivity index is 2.24. The van der Waals surface area contributed by atoms with Crippen molar-refractivity contribution < 1.29 is 9.47 Å². The molecule has 0 unspecified atom stereocenters. The number of hydrogen-bond donors (Lipinski definition) is 0. The van der Waals surface area contributed by atoms with Gasteiger partial charge in [-0.15, -0.1) is 0 Å². The molecule has 0 heterocycles. The fourth-order valence-electron chi connectivity index (χ4n) is 2.19. The second kappa shape index (κ2) is 11.5. The molecule has 0 fully saturated rings. The maximum absolute atomic E-state index is 5.68. The number of ether oxygens (including phenoxy) is 2. The third-order valence-corrected chi connectivity index (χ3v) is 4.70. The summed E-state index contributed by atoms with van der Waals surface area (Å²) in [5.74, 6) is 0. The van der Waals surface area contributed by atoms with Crippen LogP contribution in [0.1, 0.15) is 59.9 Å². The topological polar surface area (TPSA) is 34.1 Å². The number of hydrogen-bond acceptors (Lipinski definition) is 4. The van der Waals surface area contributed by atoms with Crippen molar-refractivity contribution in [3.05, 3.63) is 29.8 Å². The first kappa shape index (κ1) is 23.6. The van der Waals surface area contributed by atoms with Crippen LogP contribution in [0, 0.1) is 5.41 Å². The van der Waals surface area contributed by atoms with Gasteiger partial charge in [-0.2, -0.15) is 0 Å². The van der Waals surface area contributed by atoms with Gasteiger partial charge in [-0.1, -0.05) is 39.8 Å². The zero-order valence-electron chi connectivity index (χ0n) is 18.5. The molecule has 1 aromatic rings. The lowest BCUT2D eigenvalue weighted by molar-refractivity contribution is 0.0411. The normalized spacial score (nSPS) is 12.7. The van der Waals surface area contributed by atoms with Gasteiger partial charge in [0, 0.05) is 32.1 Å². The Morgan fingerprint density at radius 2 is 1.52 bits per heavy atom. The molecule has 0 aromatic heterocycles. The minimum Gasteiger partial charge on any atom is -0.379 e. The van der Waals surface area contributed by atoms with E-state index < -0.39 is 0 Å². The molecule has 0 saturated heterocycles. The second-order valence-electron chi connectivity index (χ2n) is 8.97. The molecule has 0 saturated carbocycles. The standard InChI is InChI=1S/C23H40N2O2/c1-8-23(5,6)24-19-20-9-11-21(12-10-20)25(7)14-16-27-18-17-26-15-13-22(2,3)4/h9-12,19H,8,13-18H2,1-7H3. The molecule has 4 nitrogen and oxygen atoms in total. The average Bonchev–Trinajstić information content (AvgIpc) is 2.61. The van der Waals surface area contributed by atoms with E-state index in [9.17, 15) is 0 Å². The van der Waals surface area contributed by atoms with Crippen LogP contribution in [0.15, 0.2) is 29.3 Å². The first-order valence-electron chi connectivity index (χ1n) is 10.1. The monoisotopic (exact) mass is 376 g/mol. The Morgan fingerprint density at radius 1 is 0.926 bits per heavy atom. The maximum Gasteiger partial charge on any atom is 0.0701 e. The van der Waals surface area contributed by atoms with Gasteiger partial charge in [0.1, 0.15) is 0 Å². The van der Waals surface area contributed by atoms with Crippen molar-refractivity contribution in [2.75, 3.05) is 44.9 Å². The lowest BCUT2D eigenvalue weighted by Crippen LogP contribution is -2.23. The van der Waals surface area contributed by atoms with E-state index in [-0.39, 0.29) is 5.54 Å². The van der Waals surface area contributed by atoms with Gasteiger partial charge < -0.3 is 14.4 Å². The van der Waals surface area contributed by atoms with Gasteiger partial charge in [0.2, 0.25) is 0 Å². The minimum absolute atomic E-state index is 0.00324. The van der Waals surface area contributed by atoms with E-state index in [2.05, 4.69) is 82.7 Å². The molecule has 154 valence electrons. The summed E-state index contributed by atoms with van der Waals surface area (Å²) < 4.78 is 11.3. The lowest BCUT2D eigenvalue weighted by Gasteiger charge is -2.20. The van der Waals surface area contributed by atoms with Crippen LogP contribution in [-0.2, 0) is 9.47 Å². The Labute approximate surface area is 167 Å². The van der Waals surface area contributed by atoms with E-state index in [1.165, 1.54) is 5.69 Å². The number of rotatable bonds is 12. The number of anilines is 1. The number of nitrogens with zero attached hydrogens (tertiary/aromatic N) is 2. The van der Waals surface area contributed by atoms with Crippen molar-refractivity contribution >= 4 is 11.9 Å². The first-order valence-corrected chi connectivity index (χ1v) is 10.1. The predicted molar refractivity (Wildman–Crippen MR) is 117 cm³/mol. The molecule has 1 rings (SSSR count). The summed E-state index contributed by atoms with van der Waals surface area (Å²) in [5, 5.41) is 0. The summed E-state index contributed by atoms with van der Waals surface area (Å²) in [6, 6.07) is 8.50. The minimum atomic E-state index is 0.00324. The third kappa shape index (κ3) is 11.1. The average molecular weight is 377 g/mol. The Kier molecular flexibility index (Phi) is 10.0. The van der Waals surface area contributed by atoms with E-state index >= 15 is 0 Å². The van der Waals surface area contributed by atoms with Gasteiger partial charge in [-0.05, 0) is 49.8 Å². The van der Waals surface area contributed by atoms with Gasteiger partial charge in [-0.25, -0.2) is 0 Å². The van der Waals surface area contributed by atoms with Gasteiger partial charge >= 0.3 is 0 Å². The molecule has 0 N–H and O–H groups in total. The van der Waals surface area contributed by atoms with Crippen molar-refractivity contribution in [2.45, 2.75) is 59.9 Å². The van der Waals surface area contributed by atoms with Crippen molar-refractivity contribution in [3.63, 3.8) is 0 Å². The molecule has 0 bridgehead atoms. The SMILES string of the molecule is CCC(C)(C)N=Cc1ccc(N(C)CCOCCOCCC(C)(C)C)cc1. The Morgan fingerprint density at radius 3 is 2.07 bits per heavy atom. The molecule has 0 radical (unpaired) electrons. The molecule has 0 atom stereocenters. The summed E-state index contributed by atoms with van der Waals surface area (Å²) in [4.78, 5) is 6.86. The van der Waals surface area contributed by atoms with Crippen LogP contribution in [0.5, 0.6) is 0 Å². The fourth-order valence-corrected chi connectivity index (χ4v) is 2.19. The van der Waals surface area contributed by atoms with E-state index in [4.69, 9.17) is 9.47 Å². The molecule has 27 heavy (non-hydrogen) atoms. The van der Waals surface area contributed by atoms with Crippen LogP contribution >= 0.6 is 0 Å². The second-order valence-corrected chi connectivity index (χ2v) is 8.97. The Bertz CT molecular complexity index is 544. The van der Waals surface area contributed by atoms with Crippen LogP contribution in [0.25, 0.3) is 0 Å². The fraction of sp³-hybridized carbons (Fsp3) is 0.696. The highest BCUT2D eigenvalue weighted by Gasteiger charge is 2.11. The molecular weight excluding hydrogens is 336 g/mol. The van der Waals surface area contributed by atoms with Crippen molar-refractivity contribution in [1.29, 1.82) is 0 Å². The van der Waals surface area contributed by atoms with Crippen LogP contribution in [0.2, 0.25) is 0 Å². The van der Waals surface area contributed by atoms with Crippen molar-refractivity contribution in [1.82, 2.24) is 0 Å². The Hall–Kier alpha value is -1.39. The van der Waals surface area contributed by atoms with Gasteiger partial charge in [0.15, 0.2) is 0 Å². The van der Waals surface area contributed by atoms with Gasteiger partial charge in [-0.3, -0.25) is 4.99 Å². The van der Waals surface area contributed by atoms with Crippen LogP contribution in [0.3, 0.4) is 0 Å². The van der Waals surface area contributed by atoms with Gasteiger partial charge in [0.25, 0.3) is 0 Å². The van der Waals surface area contributed by atoms with Crippen molar-refractivity contribution in [3.8, 4) is 0 Å². The zero-order chi connectivity index (χ0) is 20.3. The highest BCUT2D eigenvalue weighted by atomic mass is 16.5. The van der Waals surface area contributed by atoms with E-state index in [1.54, 1.807) is 0 Å².